The van der Waals surface area contributed by atoms with Crippen molar-refractivity contribution in [2.24, 2.45) is 0 Å². The molecule has 0 bridgehead atoms. The molecule has 27 heavy (non-hydrogen) atoms. The van der Waals surface area contributed by atoms with Gasteiger partial charge in [-0.1, -0.05) is 25.1 Å². The standard InChI is InChI=1S/C20H25N3O3S/c1-3-15-7-5-6-8-18(15)22-20(24)16-9-11-21-19(13-16)23(4-2)17-10-12-27(25,26)14-17/h5-9,11,13,17H,3-4,10,12,14H2,1-2H3,(H,22,24). The monoisotopic (exact) mass is 387 g/mol. The summed E-state index contributed by atoms with van der Waals surface area (Å²) in [5.41, 5.74) is 2.38. The van der Waals surface area contributed by atoms with Crippen LogP contribution in [0.5, 0.6) is 0 Å². The van der Waals surface area contributed by atoms with Gasteiger partial charge in [0.15, 0.2) is 9.84 Å². The Morgan fingerprint density at radius 1 is 1.26 bits per heavy atom. The molecule has 1 aliphatic heterocycles. The number of nitrogens with one attached hydrogen (secondary N) is 1. The molecule has 144 valence electrons. The zero-order chi connectivity index (χ0) is 19.4. The summed E-state index contributed by atoms with van der Waals surface area (Å²) in [5, 5.41) is 2.96. The van der Waals surface area contributed by atoms with Gasteiger partial charge in [0.2, 0.25) is 0 Å². The van der Waals surface area contributed by atoms with E-state index in [-0.39, 0.29) is 23.5 Å². The van der Waals surface area contributed by atoms with Crippen LogP contribution in [0.25, 0.3) is 0 Å². The van der Waals surface area contributed by atoms with E-state index in [9.17, 15) is 13.2 Å². The van der Waals surface area contributed by atoms with Crippen LogP contribution in [0.3, 0.4) is 0 Å². The van der Waals surface area contributed by atoms with E-state index in [1.54, 1.807) is 18.3 Å². The van der Waals surface area contributed by atoms with E-state index in [1.807, 2.05) is 43.0 Å². The Bertz CT molecular complexity index is 928. The normalized spacial score (nSPS) is 18.2. The fourth-order valence-corrected chi connectivity index (χ4v) is 5.22. The zero-order valence-electron chi connectivity index (χ0n) is 15.7. The predicted molar refractivity (Wildman–Crippen MR) is 108 cm³/mol. The number of hydrogen-bond acceptors (Lipinski definition) is 5. The predicted octanol–water partition coefficient (Wildman–Crippen LogP) is 2.91. The summed E-state index contributed by atoms with van der Waals surface area (Å²) in [5.74, 6) is 0.788. The molecule has 1 aliphatic rings. The molecule has 6 nitrogen and oxygen atoms in total. The minimum Gasteiger partial charge on any atom is -0.353 e. The Labute approximate surface area is 160 Å². The van der Waals surface area contributed by atoms with Crippen molar-refractivity contribution in [2.45, 2.75) is 32.7 Å². The van der Waals surface area contributed by atoms with Gasteiger partial charge in [-0.25, -0.2) is 13.4 Å². The second kappa shape index (κ2) is 8.08. The maximum absolute atomic E-state index is 12.7. The molecule has 0 aliphatic carbocycles. The van der Waals surface area contributed by atoms with E-state index < -0.39 is 9.84 Å². The molecule has 1 fully saturated rings. The van der Waals surface area contributed by atoms with Gasteiger partial charge in [0, 0.05) is 30.0 Å². The third-order valence-electron chi connectivity index (χ3n) is 4.94. The van der Waals surface area contributed by atoms with Gasteiger partial charge in [0.05, 0.1) is 11.5 Å². The Kier molecular flexibility index (Phi) is 5.79. The van der Waals surface area contributed by atoms with Gasteiger partial charge in [-0.05, 0) is 43.5 Å². The lowest BCUT2D eigenvalue weighted by Gasteiger charge is -2.28. The van der Waals surface area contributed by atoms with Gasteiger partial charge in [-0.3, -0.25) is 4.79 Å². The van der Waals surface area contributed by atoms with Crippen LogP contribution in [0.1, 0.15) is 36.2 Å². The number of carbonyl (C=O) groups excluding carboxylic acids is 1. The summed E-state index contributed by atoms with van der Waals surface area (Å²) in [6.07, 6.45) is 3.03. The van der Waals surface area contributed by atoms with Gasteiger partial charge in [-0.15, -0.1) is 0 Å². The first-order chi connectivity index (χ1) is 12.9. The second-order valence-corrected chi connectivity index (χ2v) is 8.94. The van der Waals surface area contributed by atoms with Crippen molar-refractivity contribution >= 4 is 27.2 Å². The lowest BCUT2D eigenvalue weighted by Crippen LogP contribution is -2.36. The fraction of sp³-hybridized carbons (Fsp3) is 0.400. The molecule has 1 unspecified atom stereocenters. The van der Waals surface area contributed by atoms with Crippen LogP contribution in [0.15, 0.2) is 42.6 Å². The minimum atomic E-state index is -2.98. The van der Waals surface area contributed by atoms with E-state index >= 15 is 0 Å². The van der Waals surface area contributed by atoms with Crippen molar-refractivity contribution in [3.8, 4) is 0 Å². The number of amides is 1. The van der Waals surface area contributed by atoms with Crippen LogP contribution < -0.4 is 10.2 Å². The number of rotatable bonds is 6. The zero-order valence-corrected chi connectivity index (χ0v) is 16.5. The van der Waals surface area contributed by atoms with E-state index in [1.165, 1.54) is 0 Å². The summed E-state index contributed by atoms with van der Waals surface area (Å²) in [6.45, 7) is 4.65. The maximum atomic E-state index is 12.7. The molecule has 0 spiro atoms. The molecule has 3 rings (SSSR count). The van der Waals surface area contributed by atoms with Gasteiger partial charge in [-0.2, -0.15) is 0 Å². The molecule has 0 saturated carbocycles. The molecule has 7 heteroatoms. The third-order valence-corrected chi connectivity index (χ3v) is 6.69. The number of anilines is 2. The van der Waals surface area contributed by atoms with Gasteiger partial charge in [0.25, 0.3) is 5.91 Å². The van der Waals surface area contributed by atoms with Gasteiger partial charge in [0.1, 0.15) is 5.82 Å². The van der Waals surface area contributed by atoms with E-state index in [4.69, 9.17) is 0 Å². The number of sulfone groups is 1. The van der Waals surface area contributed by atoms with Crippen molar-refractivity contribution < 1.29 is 13.2 Å². The fourth-order valence-electron chi connectivity index (χ4n) is 3.49. The molecule has 0 radical (unpaired) electrons. The van der Waals surface area contributed by atoms with Crippen LogP contribution in [-0.2, 0) is 16.3 Å². The molecule has 1 saturated heterocycles. The SMILES string of the molecule is CCc1ccccc1NC(=O)c1ccnc(N(CC)C2CCS(=O)(=O)C2)c1. The topological polar surface area (TPSA) is 79.4 Å². The summed E-state index contributed by atoms with van der Waals surface area (Å²) in [7, 11) is -2.98. The van der Waals surface area contributed by atoms with Crippen molar-refractivity contribution in [1.29, 1.82) is 0 Å². The van der Waals surface area contributed by atoms with Crippen molar-refractivity contribution in [1.82, 2.24) is 4.98 Å². The van der Waals surface area contributed by atoms with E-state index in [2.05, 4.69) is 10.3 Å². The second-order valence-electron chi connectivity index (χ2n) is 6.71. The molecule has 1 amide bonds. The summed E-state index contributed by atoms with van der Waals surface area (Å²) >= 11 is 0. The first-order valence-electron chi connectivity index (χ1n) is 9.26. The van der Waals surface area contributed by atoms with Crippen molar-refractivity contribution in [3.05, 3.63) is 53.7 Å². The van der Waals surface area contributed by atoms with Crippen LogP contribution in [0, 0.1) is 0 Å². The number of aromatic nitrogens is 1. The average molecular weight is 388 g/mol. The molecule has 1 atom stereocenters. The molecule has 1 aromatic heterocycles. The number of nitrogens with zero attached hydrogens (tertiary/aromatic N) is 2. The van der Waals surface area contributed by atoms with Crippen LogP contribution in [0.4, 0.5) is 11.5 Å². The number of pyridine rings is 1. The lowest BCUT2D eigenvalue weighted by molar-refractivity contribution is 0.102. The first-order valence-corrected chi connectivity index (χ1v) is 11.1. The Morgan fingerprint density at radius 2 is 2.04 bits per heavy atom. The lowest BCUT2D eigenvalue weighted by atomic mass is 10.1. The highest BCUT2D eigenvalue weighted by atomic mass is 32.2. The number of hydrogen-bond donors (Lipinski definition) is 1. The Morgan fingerprint density at radius 3 is 2.70 bits per heavy atom. The number of carbonyl (C=O) groups is 1. The smallest absolute Gasteiger partial charge is 0.255 e. The minimum absolute atomic E-state index is 0.0911. The first kappa shape index (κ1) is 19.4. The summed E-state index contributed by atoms with van der Waals surface area (Å²) in [4.78, 5) is 19.1. The molecule has 1 aromatic carbocycles. The highest BCUT2D eigenvalue weighted by Crippen LogP contribution is 2.24. The summed E-state index contributed by atoms with van der Waals surface area (Å²) < 4.78 is 23.6. The molecular formula is C20H25N3O3S. The molecular weight excluding hydrogens is 362 g/mol. The quantitative estimate of drug-likeness (QED) is 0.824. The van der Waals surface area contributed by atoms with Crippen molar-refractivity contribution in [2.75, 3.05) is 28.3 Å². The van der Waals surface area contributed by atoms with Gasteiger partial charge >= 0.3 is 0 Å². The molecule has 2 aromatic rings. The van der Waals surface area contributed by atoms with Crippen LogP contribution in [0.2, 0.25) is 0 Å². The molecule has 1 N–H and O–H groups in total. The Hall–Kier alpha value is -2.41. The van der Waals surface area contributed by atoms with Crippen molar-refractivity contribution in [3.63, 3.8) is 0 Å². The molecule has 2 heterocycles. The van der Waals surface area contributed by atoms with Crippen LogP contribution in [-0.4, -0.2) is 43.4 Å². The highest BCUT2D eigenvalue weighted by molar-refractivity contribution is 7.91. The van der Waals surface area contributed by atoms with E-state index in [0.717, 1.165) is 17.7 Å². The number of aryl methyl sites for hydroxylation is 1. The highest BCUT2D eigenvalue weighted by Gasteiger charge is 2.32. The number of para-hydroxylation sites is 1. The maximum Gasteiger partial charge on any atom is 0.255 e. The number of benzene rings is 1. The van der Waals surface area contributed by atoms with E-state index in [0.29, 0.717) is 24.3 Å². The Balaban J connectivity index is 1.81. The largest absolute Gasteiger partial charge is 0.353 e. The third kappa shape index (κ3) is 4.47. The summed E-state index contributed by atoms with van der Waals surface area (Å²) in [6, 6.07) is 11.0. The van der Waals surface area contributed by atoms with Gasteiger partial charge < -0.3 is 10.2 Å². The van der Waals surface area contributed by atoms with Crippen LogP contribution >= 0.6 is 0 Å². The average Bonchev–Trinajstić information content (AvgIpc) is 3.02.